The van der Waals surface area contributed by atoms with Crippen LogP contribution < -0.4 is 4.74 Å². The summed E-state index contributed by atoms with van der Waals surface area (Å²) in [5.74, 6) is -0.997. The minimum Gasteiger partial charge on any atom is -0.490 e. The van der Waals surface area contributed by atoms with Crippen LogP contribution in [0, 0.1) is 18.8 Å². The van der Waals surface area contributed by atoms with Crippen molar-refractivity contribution in [1.82, 2.24) is 9.38 Å². The molecule has 1 unspecified atom stereocenters. The summed E-state index contributed by atoms with van der Waals surface area (Å²) in [6, 6.07) is 3.59. The van der Waals surface area contributed by atoms with Gasteiger partial charge in [0.1, 0.15) is 5.69 Å². The first-order valence-corrected chi connectivity index (χ1v) is 8.21. The lowest BCUT2D eigenvalue weighted by Crippen LogP contribution is -2.21. The van der Waals surface area contributed by atoms with Gasteiger partial charge < -0.3 is 9.84 Å². The molecule has 2 heterocycles. The van der Waals surface area contributed by atoms with Gasteiger partial charge in [-0.2, -0.15) is 0 Å². The van der Waals surface area contributed by atoms with Crippen LogP contribution in [0.5, 0.6) is 5.75 Å². The highest BCUT2D eigenvalue weighted by molar-refractivity contribution is 5.98. The molecule has 1 atom stereocenters. The van der Waals surface area contributed by atoms with Gasteiger partial charge in [-0.15, -0.1) is 0 Å². The van der Waals surface area contributed by atoms with Crippen molar-refractivity contribution in [3.63, 3.8) is 0 Å². The second kappa shape index (κ2) is 7.47. The Morgan fingerprint density at radius 1 is 1.38 bits per heavy atom. The van der Waals surface area contributed by atoms with E-state index in [0.717, 1.165) is 0 Å². The van der Waals surface area contributed by atoms with Crippen LogP contribution in [0.15, 0.2) is 18.3 Å². The Morgan fingerprint density at radius 3 is 2.67 bits per heavy atom. The number of Topliss-reactive ketones (excluding diaryl/α,β-unsaturated/α-hetero) is 1. The topological polar surface area (TPSA) is 80.9 Å². The Kier molecular flexibility index (Phi) is 5.59. The number of hydrogen-bond donors (Lipinski definition) is 1. The lowest BCUT2D eigenvalue weighted by molar-refractivity contribution is -0.142. The first-order valence-electron chi connectivity index (χ1n) is 8.21. The van der Waals surface area contributed by atoms with Crippen LogP contribution >= 0.6 is 0 Å². The number of nitrogens with zero attached hydrogens (tertiary/aromatic N) is 2. The fourth-order valence-electron chi connectivity index (χ4n) is 2.92. The number of aromatic nitrogens is 2. The van der Waals surface area contributed by atoms with Crippen molar-refractivity contribution in [3.8, 4) is 5.75 Å². The van der Waals surface area contributed by atoms with Gasteiger partial charge in [-0.1, -0.05) is 13.8 Å². The molecule has 6 nitrogen and oxygen atoms in total. The van der Waals surface area contributed by atoms with E-state index in [4.69, 9.17) is 4.74 Å². The molecular formula is C18H24N2O4. The Labute approximate surface area is 141 Å². The monoisotopic (exact) mass is 332 g/mol. The Balaban J connectivity index is 2.37. The molecular weight excluding hydrogens is 308 g/mol. The molecule has 1 N–H and O–H groups in total. The number of carboxylic acid groups (broad SMARTS) is 1. The number of carbonyl (C=O) groups is 2. The van der Waals surface area contributed by atoms with Crippen LogP contribution in [0.3, 0.4) is 0 Å². The zero-order valence-corrected chi connectivity index (χ0v) is 14.6. The van der Waals surface area contributed by atoms with Crippen molar-refractivity contribution >= 4 is 17.4 Å². The molecule has 2 aromatic heterocycles. The lowest BCUT2D eigenvalue weighted by atomic mass is 9.91. The van der Waals surface area contributed by atoms with E-state index in [-0.39, 0.29) is 18.1 Å². The van der Waals surface area contributed by atoms with Crippen molar-refractivity contribution in [2.75, 3.05) is 6.61 Å². The molecule has 0 aliphatic heterocycles. The smallest absolute Gasteiger partial charge is 0.306 e. The van der Waals surface area contributed by atoms with Gasteiger partial charge in [-0.25, -0.2) is 4.98 Å². The number of aryl methyl sites for hydroxylation is 1. The zero-order valence-electron chi connectivity index (χ0n) is 14.6. The first-order chi connectivity index (χ1) is 11.3. The third kappa shape index (κ3) is 3.75. The van der Waals surface area contributed by atoms with E-state index in [1.807, 2.05) is 20.8 Å². The number of carboxylic acids is 1. The van der Waals surface area contributed by atoms with E-state index in [1.165, 1.54) is 0 Å². The van der Waals surface area contributed by atoms with Crippen LogP contribution in [0.1, 0.15) is 49.8 Å². The summed E-state index contributed by atoms with van der Waals surface area (Å²) in [5, 5.41) is 9.37. The van der Waals surface area contributed by atoms with E-state index in [9.17, 15) is 14.7 Å². The summed E-state index contributed by atoms with van der Waals surface area (Å²) in [6.07, 6.45) is 2.20. The Hall–Kier alpha value is -2.37. The Bertz CT molecular complexity index is 749. The molecule has 6 heteroatoms. The standard InChI is InChI=1S/C18H24N2O4/c1-5-24-15-7-6-8-20-16(12(4)19-17(15)20)14(21)10-13(18(22)23)9-11(2)3/h6-8,11,13H,5,9-10H2,1-4H3,(H,22,23). The molecule has 0 saturated heterocycles. The van der Waals surface area contributed by atoms with Crippen LogP contribution in [0.25, 0.3) is 5.65 Å². The third-order valence-electron chi connectivity index (χ3n) is 3.89. The van der Waals surface area contributed by atoms with Crippen LogP contribution in [-0.2, 0) is 4.79 Å². The largest absolute Gasteiger partial charge is 0.490 e. The fourth-order valence-corrected chi connectivity index (χ4v) is 2.92. The second-order valence-corrected chi connectivity index (χ2v) is 6.34. The molecule has 130 valence electrons. The minimum absolute atomic E-state index is 0.0268. The zero-order chi connectivity index (χ0) is 17.9. The fraction of sp³-hybridized carbons (Fsp3) is 0.500. The summed E-state index contributed by atoms with van der Waals surface area (Å²) in [7, 11) is 0. The van der Waals surface area contributed by atoms with E-state index in [0.29, 0.717) is 35.8 Å². The third-order valence-corrected chi connectivity index (χ3v) is 3.89. The van der Waals surface area contributed by atoms with Gasteiger partial charge in [0, 0.05) is 12.6 Å². The van der Waals surface area contributed by atoms with Crippen LogP contribution in [0.4, 0.5) is 0 Å². The predicted molar refractivity (Wildman–Crippen MR) is 90.6 cm³/mol. The van der Waals surface area contributed by atoms with Crippen molar-refractivity contribution in [2.24, 2.45) is 11.8 Å². The molecule has 2 aromatic rings. The van der Waals surface area contributed by atoms with E-state index in [2.05, 4.69) is 4.98 Å². The van der Waals surface area contributed by atoms with Gasteiger partial charge >= 0.3 is 5.97 Å². The van der Waals surface area contributed by atoms with Crippen molar-refractivity contribution < 1.29 is 19.4 Å². The number of ketones is 1. The van der Waals surface area contributed by atoms with Gasteiger partial charge in [0.25, 0.3) is 0 Å². The van der Waals surface area contributed by atoms with Gasteiger partial charge in [0.05, 0.1) is 18.2 Å². The average molecular weight is 332 g/mol. The molecule has 0 bridgehead atoms. The summed E-state index contributed by atoms with van der Waals surface area (Å²) in [4.78, 5) is 28.6. The molecule has 0 spiro atoms. The number of hydrogen-bond acceptors (Lipinski definition) is 4. The molecule has 2 rings (SSSR count). The van der Waals surface area contributed by atoms with Crippen molar-refractivity contribution in [1.29, 1.82) is 0 Å². The van der Waals surface area contributed by atoms with Gasteiger partial charge in [-0.3, -0.25) is 14.0 Å². The molecule has 0 aromatic carbocycles. The highest BCUT2D eigenvalue weighted by Crippen LogP contribution is 2.25. The number of ether oxygens (including phenoxy) is 1. The van der Waals surface area contributed by atoms with Crippen molar-refractivity contribution in [2.45, 2.75) is 40.5 Å². The summed E-state index contributed by atoms with van der Waals surface area (Å²) < 4.78 is 7.24. The maximum Gasteiger partial charge on any atom is 0.306 e. The number of aliphatic carboxylic acids is 1. The van der Waals surface area contributed by atoms with E-state index >= 15 is 0 Å². The molecule has 0 saturated carbocycles. The summed E-state index contributed by atoms with van der Waals surface area (Å²) >= 11 is 0. The molecule has 24 heavy (non-hydrogen) atoms. The number of imidazole rings is 1. The highest BCUT2D eigenvalue weighted by atomic mass is 16.5. The molecule has 0 radical (unpaired) electrons. The highest BCUT2D eigenvalue weighted by Gasteiger charge is 2.26. The van der Waals surface area contributed by atoms with Gasteiger partial charge in [0.2, 0.25) is 0 Å². The average Bonchev–Trinajstić information content (AvgIpc) is 2.83. The molecule has 0 fully saturated rings. The number of carbonyl (C=O) groups excluding carboxylic acids is 1. The molecule has 0 aliphatic carbocycles. The number of fused-ring (bicyclic) bond motifs is 1. The van der Waals surface area contributed by atoms with Crippen LogP contribution in [-0.4, -0.2) is 32.9 Å². The quantitative estimate of drug-likeness (QED) is 0.750. The van der Waals surface area contributed by atoms with Gasteiger partial charge in [0.15, 0.2) is 17.2 Å². The molecule has 0 amide bonds. The lowest BCUT2D eigenvalue weighted by Gasteiger charge is -2.14. The number of pyridine rings is 1. The SMILES string of the molecule is CCOc1cccn2c(C(=O)CC(CC(C)C)C(=O)O)c(C)nc12. The van der Waals surface area contributed by atoms with Crippen LogP contribution in [0.2, 0.25) is 0 Å². The summed E-state index contributed by atoms with van der Waals surface area (Å²) in [6.45, 7) is 8.05. The summed E-state index contributed by atoms with van der Waals surface area (Å²) in [5.41, 5.74) is 1.60. The normalized spacial score (nSPS) is 12.5. The Morgan fingerprint density at radius 2 is 2.08 bits per heavy atom. The van der Waals surface area contributed by atoms with E-state index in [1.54, 1.807) is 29.7 Å². The maximum atomic E-state index is 12.7. The second-order valence-electron chi connectivity index (χ2n) is 6.34. The maximum absolute atomic E-state index is 12.7. The first kappa shape index (κ1) is 18.0. The minimum atomic E-state index is -0.932. The predicted octanol–water partition coefficient (Wildman–Crippen LogP) is 3.36. The number of rotatable bonds is 8. The van der Waals surface area contributed by atoms with E-state index < -0.39 is 11.9 Å². The van der Waals surface area contributed by atoms with Gasteiger partial charge in [-0.05, 0) is 38.3 Å². The molecule has 0 aliphatic rings. The van der Waals surface area contributed by atoms with Crippen molar-refractivity contribution in [3.05, 3.63) is 29.7 Å².